The number of carbonyl (C=O) groups excluding carboxylic acids is 1. The van der Waals surface area contributed by atoms with Gasteiger partial charge in [0.05, 0.1) is 6.04 Å². The topological polar surface area (TPSA) is 29.4 Å². The summed E-state index contributed by atoms with van der Waals surface area (Å²) in [5.41, 5.74) is 1.27. The monoisotopic (exact) mass is 307 g/mol. The van der Waals surface area contributed by atoms with E-state index in [2.05, 4.69) is 26.0 Å². The van der Waals surface area contributed by atoms with E-state index in [-0.39, 0.29) is 17.1 Å². The van der Waals surface area contributed by atoms with Crippen LogP contribution in [0.25, 0.3) is 0 Å². The summed E-state index contributed by atoms with van der Waals surface area (Å²) in [5, 5.41) is 0.265. The Bertz CT molecular complexity index is 485. The predicted octanol–water partition coefficient (Wildman–Crippen LogP) is 4.60. The second-order valence-corrected chi connectivity index (χ2v) is 7.79. The molecule has 0 aromatic heterocycles. The normalized spacial score (nSPS) is 23.0. The number of thioether (sulfide) groups is 2. The minimum Gasteiger partial charge on any atom is -0.286 e. The van der Waals surface area contributed by atoms with E-state index in [1.807, 2.05) is 25.1 Å². The van der Waals surface area contributed by atoms with Gasteiger partial charge in [-0.3, -0.25) is 9.79 Å². The van der Waals surface area contributed by atoms with E-state index in [1.165, 1.54) is 17.3 Å². The molecule has 1 aliphatic rings. The molecule has 20 heavy (non-hydrogen) atoms. The highest BCUT2D eigenvalue weighted by Crippen LogP contribution is 2.33. The summed E-state index contributed by atoms with van der Waals surface area (Å²) in [6, 6.07) is 10.5. The molecule has 0 spiro atoms. The van der Waals surface area contributed by atoms with Crippen molar-refractivity contribution in [3.8, 4) is 0 Å². The van der Waals surface area contributed by atoms with E-state index >= 15 is 0 Å². The molecule has 0 saturated carbocycles. The van der Waals surface area contributed by atoms with Gasteiger partial charge < -0.3 is 0 Å². The van der Waals surface area contributed by atoms with Crippen molar-refractivity contribution < 1.29 is 4.79 Å². The van der Waals surface area contributed by atoms with Crippen molar-refractivity contribution in [3.05, 3.63) is 35.9 Å². The molecule has 0 amide bonds. The fourth-order valence-corrected chi connectivity index (χ4v) is 4.19. The Kier molecular flexibility index (Phi) is 5.73. The molecule has 0 unspecified atom stereocenters. The van der Waals surface area contributed by atoms with Crippen molar-refractivity contribution >= 4 is 33.0 Å². The highest BCUT2D eigenvalue weighted by Gasteiger charge is 2.30. The number of hydrogen-bond donors (Lipinski definition) is 0. The molecule has 108 valence electrons. The van der Waals surface area contributed by atoms with Crippen LogP contribution in [-0.2, 0) is 10.5 Å². The first-order valence-corrected chi connectivity index (χ1v) is 8.82. The Labute approximate surface area is 129 Å². The van der Waals surface area contributed by atoms with Crippen LogP contribution >= 0.6 is 23.5 Å². The molecule has 0 aliphatic carbocycles. The maximum absolute atomic E-state index is 12.1. The Morgan fingerprint density at radius 1 is 1.30 bits per heavy atom. The molecule has 2 atom stereocenters. The minimum absolute atomic E-state index is 0.0449. The van der Waals surface area contributed by atoms with Gasteiger partial charge in [0.15, 0.2) is 0 Å². The van der Waals surface area contributed by atoms with Gasteiger partial charge in [0, 0.05) is 11.7 Å². The predicted molar refractivity (Wildman–Crippen MR) is 90.2 cm³/mol. The Morgan fingerprint density at radius 2 is 2.00 bits per heavy atom. The summed E-state index contributed by atoms with van der Waals surface area (Å²) in [5.74, 6) is 1.49. The third-order valence-corrected chi connectivity index (χ3v) is 5.61. The average Bonchev–Trinajstić information content (AvgIpc) is 2.42. The molecular formula is C16H21NOS2. The summed E-state index contributed by atoms with van der Waals surface area (Å²) < 4.78 is 0.933. The zero-order chi connectivity index (χ0) is 14.5. The molecule has 2 nitrogen and oxygen atoms in total. The standard InChI is InChI=1S/C16H21NOS2/c1-11(2)9-14-12(3)15(18)20-16(17-14)19-10-13-7-5-4-6-8-13/h4-8,11-12,14H,9-10H2,1-3H3/t12-,14+/m1/s1. The van der Waals surface area contributed by atoms with Crippen LogP contribution in [0.4, 0.5) is 0 Å². The quantitative estimate of drug-likeness (QED) is 0.814. The van der Waals surface area contributed by atoms with E-state index in [0.29, 0.717) is 5.92 Å². The van der Waals surface area contributed by atoms with Gasteiger partial charge in [-0.15, -0.1) is 0 Å². The van der Waals surface area contributed by atoms with Gasteiger partial charge in [0.1, 0.15) is 4.38 Å². The molecule has 0 fully saturated rings. The van der Waals surface area contributed by atoms with Gasteiger partial charge in [0.2, 0.25) is 5.12 Å². The van der Waals surface area contributed by atoms with E-state index < -0.39 is 0 Å². The van der Waals surface area contributed by atoms with Crippen molar-refractivity contribution in [2.75, 3.05) is 0 Å². The van der Waals surface area contributed by atoms with Crippen molar-refractivity contribution in [1.82, 2.24) is 0 Å². The fourth-order valence-electron chi connectivity index (χ4n) is 2.14. The van der Waals surface area contributed by atoms with Crippen LogP contribution in [0.15, 0.2) is 35.3 Å². The maximum Gasteiger partial charge on any atom is 0.200 e. The first kappa shape index (κ1) is 15.6. The lowest BCUT2D eigenvalue weighted by molar-refractivity contribution is -0.114. The number of hydrogen-bond acceptors (Lipinski definition) is 4. The van der Waals surface area contributed by atoms with Gasteiger partial charge in [-0.1, -0.05) is 62.9 Å². The van der Waals surface area contributed by atoms with E-state index in [1.54, 1.807) is 11.8 Å². The van der Waals surface area contributed by atoms with Crippen LogP contribution in [0.1, 0.15) is 32.8 Å². The summed E-state index contributed by atoms with van der Waals surface area (Å²) in [6.07, 6.45) is 0.989. The van der Waals surface area contributed by atoms with Crippen molar-refractivity contribution in [3.63, 3.8) is 0 Å². The maximum atomic E-state index is 12.1. The molecule has 4 heteroatoms. The number of rotatable bonds is 4. The average molecular weight is 307 g/mol. The van der Waals surface area contributed by atoms with Crippen LogP contribution in [0.5, 0.6) is 0 Å². The van der Waals surface area contributed by atoms with Gasteiger partial charge in [-0.05, 0) is 29.7 Å². The molecule has 1 aliphatic heterocycles. The third kappa shape index (κ3) is 4.38. The summed E-state index contributed by atoms with van der Waals surface area (Å²) in [6.45, 7) is 6.38. The highest BCUT2D eigenvalue weighted by molar-refractivity contribution is 8.44. The molecule has 1 aromatic rings. The van der Waals surface area contributed by atoms with Crippen LogP contribution < -0.4 is 0 Å². The summed E-state index contributed by atoms with van der Waals surface area (Å²) >= 11 is 3.00. The summed E-state index contributed by atoms with van der Waals surface area (Å²) in [4.78, 5) is 16.9. The minimum atomic E-state index is 0.0449. The molecule has 0 radical (unpaired) electrons. The number of aliphatic imine (C=N–C) groups is 1. The third-order valence-electron chi connectivity index (χ3n) is 3.33. The second kappa shape index (κ2) is 7.32. The second-order valence-electron chi connectivity index (χ2n) is 5.58. The molecule has 0 bridgehead atoms. The molecule has 1 aromatic carbocycles. The Balaban J connectivity index is 2.01. The molecule has 1 heterocycles. The van der Waals surface area contributed by atoms with Gasteiger partial charge in [-0.25, -0.2) is 0 Å². The van der Waals surface area contributed by atoms with Crippen LogP contribution in [0.2, 0.25) is 0 Å². The Hall–Kier alpha value is -0.740. The first-order chi connectivity index (χ1) is 9.56. The number of nitrogens with zero attached hydrogens (tertiary/aromatic N) is 1. The zero-order valence-electron chi connectivity index (χ0n) is 12.2. The van der Waals surface area contributed by atoms with Crippen molar-refractivity contribution in [1.29, 1.82) is 0 Å². The van der Waals surface area contributed by atoms with E-state index in [4.69, 9.17) is 4.99 Å². The fraction of sp³-hybridized carbons (Fsp3) is 0.500. The molecular weight excluding hydrogens is 286 g/mol. The lowest BCUT2D eigenvalue weighted by Gasteiger charge is -2.26. The van der Waals surface area contributed by atoms with Gasteiger partial charge in [0.25, 0.3) is 0 Å². The summed E-state index contributed by atoms with van der Waals surface area (Å²) in [7, 11) is 0. The SMILES string of the molecule is CC(C)C[C@@H]1N=C(SCc2ccccc2)SC(=O)[C@@H]1C. The molecule has 0 saturated heterocycles. The molecule has 2 rings (SSSR count). The number of benzene rings is 1. The smallest absolute Gasteiger partial charge is 0.200 e. The largest absolute Gasteiger partial charge is 0.286 e. The van der Waals surface area contributed by atoms with Crippen LogP contribution in [0.3, 0.4) is 0 Å². The van der Waals surface area contributed by atoms with Crippen molar-refractivity contribution in [2.24, 2.45) is 16.8 Å². The Morgan fingerprint density at radius 3 is 2.65 bits per heavy atom. The highest BCUT2D eigenvalue weighted by atomic mass is 32.2. The van der Waals surface area contributed by atoms with Gasteiger partial charge >= 0.3 is 0 Å². The van der Waals surface area contributed by atoms with Crippen molar-refractivity contribution in [2.45, 2.75) is 39.0 Å². The number of carbonyl (C=O) groups is 1. The van der Waals surface area contributed by atoms with Crippen LogP contribution in [0, 0.1) is 11.8 Å². The van der Waals surface area contributed by atoms with E-state index in [0.717, 1.165) is 16.5 Å². The lowest BCUT2D eigenvalue weighted by atomic mass is 9.94. The van der Waals surface area contributed by atoms with E-state index in [9.17, 15) is 4.79 Å². The lowest BCUT2D eigenvalue weighted by Crippen LogP contribution is -2.29. The van der Waals surface area contributed by atoms with Gasteiger partial charge in [-0.2, -0.15) is 0 Å². The zero-order valence-corrected chi connectivity index (χ0v) is 13.8. The first-order valence-electron chi connectivity index (χ1n) is 7.02. The van der Waals surface area contributed by atoms with Crippen LogP contribution in [-0.4, -0.2) is 15.5 Å². The molecule has 0 N–H and O–H groups in total.